The van der Waals surface area contributed by atoms with Crippen LogP contribution in [0.3, 0.4) is 0 Å². The van der Waals surface area contributed by atoms with E-state index >= 15 is 0 Å². The predicted octanol–water partition coefficient (Wildman–Crippen LogP) is 0.877. The van der Waals surface area contributed by atoms with Crippen LogP contribution in [0, 0.1) is 0 Å². The molecule has 2 rings (SSSR count). The highest BCUT2D eigenvalue weighted by molar-refractivity contribution is 7.89. The van der Waals surface area contributed by atoms with Crippen molar-refractivity contribution in [3.8, 4) is 0 Å². The van der Waals surface area contributed by atoms with Crippen molar-refractivity contribution in [2.75, 3.05) is 26.2 Å². The van der Waals surface area contributed by atoms with Crippen LogP contribution in [0.1, 0.15) is 0 Å². The average Bonchev–Trinajstić information content (AvgIpc) is 2.31. The molecule has 0 radical (unpaired) electrons. The van der Waals surface area contributed by atoms with Crippen LogP contribution in [0.15, 0.2) is 35.2 Å². The Bertz CT molecular complexity index is 441. The van der Waals surface area contributed by atoms with Crippen molar-refractivity contribution in [1.29, 1.82) is 0 Å². The molecular weight excluding hydrogens is 231 g/mol. The van der Waals surface area contributed by atoms with Gasteiger partial charge in [-0.15, -0.1) is 9.60 Å². The Balaban J connectivity index is 2.20. The molecule has 0 unspecified atom stereocenters. The Kier molecular flexibility index (Phi) is 3.22. The highest BCUT2D eigenvalue weighted by Crippen LogP contribution is 2.16. The number of sulfonamides is 1. The first-order valence-corrected chi connectivity index (χ1v) is 6.50. The van der Waals surface area contributed by atoms with Crippen LogP contribution in [0.25, 0.3) is 0 Å². The van der Waals surface area contributed by atoms with Gasteiger partial charge in [-0.1, -0.05) is 18.2 Å². The number of nitrogens with zero attached hydrogens (tertiary/aromatic N) is 2. The number of rotatable bonds is 2. The number of hydrogen-bond acceptors (Lipinski definition) is 3. The second-order valence-electron chi connectivity index (χ2n) is 3.63. The van der Waals surface area contributed by atoms with E-state index in [2.05, 4.69) is 0 Å². The first kappa shape index (κ1) is 11.5. The van der Waals surface area contributed by atoms with Gasteiger partial charge in [0.15, 0.2) is 0 Å². The number of benzene rings is 1. The molecule has 1 aromatic rings. The lowest BCUT2D eigenvalue weighted by molar-refractivity contribution is -0.00381. The van der Waals surface area contributed by atoms with Crippen LogP contribution in [0.5, 0.6) is 0 Å². The molecule has 1 aliphatic heterocycles. The third kappa shape index (κ3) is 2.23. The highest BCUT2D eigenvalue weighted by Gasteiger charge is 2.28. The first-order chi connectivity index (χ1) is 7.60. The van der Waals surface area contributed by atoms with Gasteiger partial charge in [0.2, 0.25) is 10.0 Å². The average molecular weight is 244 g/mol. The predicted molar refractivity (Wildman–Crippen MR) is 57.9 cm³/mol. The summed E-state index contributed by atoms with van der Waals surface area (Å²) < 4.78 is 38.2. The van der Waals surface area contributed by atoms with E-state index in [1.165, 1.54) is 4.31 Å². The van der Waals surface area contributed by atoms with Gasteiger partial charge in [-0.3, -0.25) is 0 Å². The molecule has 16 heavy (non-hydrogen) atoms. The van der Waals surface area contributed by atoms with Crippen molar-refractivity contribution in [2.45, 2.75) is 4.90 Å². The smallest absolute Gasteiger partial charge is 0.207 e. The molecule has 0 atom stereocenters. The van der Waals surface area contributed by atoms with E-state index < -0.39 is 10.0 Å². The largest absolute Gasteiger partial charge is 0.243 e. The van der Waals surface area contributed by atoms with Crippen molar-refractivity contribution < 1.29 is 12.9 Å². The molecule has 0 N–H and O–H groups in total. The second-order valence-corrected chi connectivity index (χ2v) is 5.56. The summed E-state index contributed by atoms with van der Waals surface area (Å²) in [5.41, 5.74) is 0. The Morgan fingerprint density at radius 1 is 1.00 bits per heavy atom. The second kappa shape index (κ2) is 4.48. The summed E-state index contributed by atoms with van der Waals surface area (Å²) in [6.45, 7) is 0.666. The lowest BCUT2D eigenvalue weighted by atomic mass is 10.4. The normalized spacial score (nSPS) is 19.8. The van der Waals surface area contributed by atoms with Crippen LogP contribution in [0.2, 0.25) is 0 Å². The maximum absolute atomic E-state index is 12.8. The van der Waals surface area contributed by atoms with E-state index in [0.717, 1.165) is 0 Å². The molecule has 1 aromatic carbocycles. The van der Waals surface area contributed by atoms with E-state index in [1.807, 2.05) is 0 Å². The van der Waals surface area contributed by atoms with Crippen molar-refractivity contribution in [2.24, 2.45) is 0 Å². The molecule has 1 aliphatic rings. The van der Waals surface area contributed by atoms with Crippen LogP contribution in [-0.4, -0.2) is 44.0 Å². The van der Waals surface area contributed by atoms with Gasteiger partial charge in [0.1, 0.15) is 0 Å². The summed E-state index contributed by atoms with van der Waals surface area (Å²) in [4.78, 5) is 0.266. The van der Waals surface area contributed by atoms with Gasteiger partial charge in [0.05, 0.1) is 4.90 Å². The van der Waals surface area contributed by atoms with E-state index in [9.17, 15) is 12.9 Å². The van der Waals surface area contributed by atoms with E-state index in [0.29, 0.717) is 5.12 Å². The molecule has 4 nitrogen and oxygen atoms in total. The van der Waals surface area contributed by atoms with Gasteiger partial charge < -0.3 is 0 Å². The summed E-state index contributed by atoms with van der Waals surface area (Å²) in [7, 11) is -3.45. The fraction of sp³-hybridized carbons (Fsp3) is 0.400. The molecule has 88 valence electrons. The van der Waals surface area contributed by atoms with Crippen molar-refractivity contribution in [3.05, 3.63) is 30.3 Å². The Morgan fingerprint density at radius 2 is 1.56 bits per heavy atom. The molecule has 0 amide bonds. The zero-order valence-corrected chi connectivity index (χ0v) is 9.53. The lowest BCUT2D eigenvalue weighted by Gasteiger charge is -2.28. The van der Waals surface area contributed by atoms with E-state index in [-0.39, 0.29) is 31.1 Å². The Labute approximate surface area is 94.3 Å². The SMILES string of the molecule is O=S(=O)(c1ccccc1)N1CCN(F)CC1. The molecule has 1 fully saturated rings. The van der Waals surface area contributed by atoms with Crippen LogP contribution in [-0.2, 0) is 10.0 Å². The number of halogens is 1. The van der Waals surface area contributed by atoms with Crippen molar-refractivity contribution >= 4 is 10.0 Å². The first-order valence-electron chi connectivity index (χ1n) is 5.06. The third-order valence-corrected chi connectivity index (χ3v) is 4.48. The standard InChI is InChI=1S/C10H13FN2O2S/c11-12-6-8-13(9-7-12)16(14,15)10-4-2-1-3-5-10/h1-5H,6-9H2. The van der Waals surface area contributed by atoms with Gasteiger partial charge in [-0.2, -0.15) is 4.31 Å². The Hall–Kier alpha value is -0.980. The molecule has 1 saturated heterocycles. The van der Waals surface area contributed by atoms with Crippen LogP contribution in [0.4, 0.5) is 4.48 Å². The summed E-state index contributed by atoms with van der Waals surface area (Å²) in [5, 5.41) is 0.636. The maximum atomic E-state index is 12.8. The van der Waals surface area contributed by atoms with Crippen molar-refractivity contribution in [1.82, 2.24) is 9.43 Å². The van der Waals surface area contributed by atoms with Gasteiger partial charge in [0, 0.05) is 26.2 Å². The van der Waals surface area contributed by atoms with Gasteiger partial charge in [-0.25, -0.2) is 8.42 Å². The summed E-state index contributed by atoms with van der Waals surface area (Å²) in [6.07, 6.45) is 0. The molecular formula is C10H13FN2O2S. The minimum absolute atomic E-state index is 0.131. The van der Waals surface area contributed by atoms with Crippen LogP contribution >= 0.6 is 0 Å². The number of piperazine rings is 1. The molecule has 0 aliphatic carbocycles. The van der Waals surface area contributed by atoms with Crippen molar-refractivity contribution in [3.63, 3.8) is 0 Å². The molecule has 1 heterocycles. The molecule has 0 saturated carbocycles. The lowest BCUT2D eigenvalue weighted by Crippen LogP contribution is -2.45. The van der Waals surface area contributed by atoms with Gasteiger partial charge in [0.25, 0.3) is 0 Å². The monoisotopic (exact) mass is 244 g/mol. The number of hydrogen-bond donors (Lipinski definition) is 0. The van der Waals surface area contributed by atoms with Gasteiger partial charge >= 0.3 is 0 Å². The highest BCUT2D eigenvalue weighted by atomic mass is 32.2. The fourth-order valence-electron chi connectivity index (χ4n) is 1.65. The van der Waals surface area contributed by atoms with Gasteiger partial charge in [-0.05, 0) is 12.1 Å². The molecule has 0 aromatic heterocycles. The zero-order chi connectivity index (χ0) is 11.6. The Morgan fingerprint density at radius 3 is 2.12 bits per heavy atom. The minimum Gasteiger partial charge on any atom is -0.207 e. The van der Waals surface area contributed by atoms with E-state index in [4.69, 9.17) is 0 Å². The van der Waals surface area contributed by atoms with Crippen LogP contribution < -0.4 is 0 Å². The third-order valence-electron chi connectivity index (χ3n) is 2.57. The topological polar surface area (TPSA) is 40.6 Å². The zero-order valence-electron chi connectivity index (χ0n) is 8.71. The quantitative estimate of drug-likeness (QED) is 0.725. The summed E-state index contributed by atoms with van der Waals surface area (Å²) >= 11 is 0. The fourth-order valence-corrected chi connectivity index (χ4v) is 3.09. The molecule has 0 spiro atoms. The maximum Gasteiger partial charge on any atom is 0.243 e. The minimum atomic E-state index is -3.45. The molecule has 6 heteroatoms. The van der Waals surface area contributed by atoms with E-state index in [1.54, 1.807) is 30.3 Å². The summed E-state index contributed by atoms with van der Waals surface area (Å²) in [5.74, 6) is 0. The summed E-state index contributed by atoms with van der Waals surface area (Å²) in [6, 6.07) is 8.23. The molecule has 0 bridgehead atoms.